The van der Waals surface area contributed by atoms with Crippen molar-refractivity contribution < 1.29 is 18.3 Å². The van der Waals surface area contributed by atoms with Gasteiger partial charge in [-0.25, -0.2) is 13.2 Å². The first-order valence-corrected chi connectivity index (χ1v) is 6.40. The SMILES string of the molecule is CC1(CO)CCCN(Cc2cc(F)c(F)c(F)c2)C1. The summed E-state index contributed by atoms with van der Waals surface area (Å²) in [5.41, 5.74) is 0.244. The van der Waals surface area contributed by atoms with Crippen LogP contribution in [0.25, 0.3) is 0 Å². The van der Waals surface area contributed by atoms with Crippen LogP contribution in [0.5, 0.6) is 0 Å². The topological polar surface area (TPSA) is 23.5 Å². The maximum Gasteiger partial charge on any atom is 0.194 e. The minimum absolute atomic E-state index is 0.0929. The summed E-state index contributed by atoms with van der Waals surface area (Å²) in [4.78, 5) is 2.03. The molecular formula is C14H18F3NO. The molecule has 1 saturated heterocycles. The van der Waals surface area contributed by atoms with Crippen molar-refractivity contribution in [3.05, 3.63) is 35.1 Å². The van der Waals surface area contributed by atoms with Gasteiger partial charge in [-0.3, -0.25) is 4.90 Å². The molecule has 1 N–H and O–H groups in total. The lowest BCUT2D eigenvalue weighted by Gasteiger charge is -2.39. The van der Waals surface area contributed by atoms with Gasteiger partial charge in [0.25, 0.3) is 0 Å². The van der Waals surface area contributed by atoms with E-state index in [1.54, 1.807) is 0 Å². The van der Waals surface area contributed by atoms with E-state index in [9.17, 15) is 18.3 Å². The lowest BCUT2D eigenvalue weighted by Crippen LogP contribution is -2.43. The minimum atomic E-state index is -1.43. The number of piperidine rings is 1. The van der Waals surface area contributed by atoms with Gasteiger partial charge >= 0.3 is 0 Å². The lowest BCUT2D eigenvalue weighted by molar-refractivity contribution is 0.0428. The highest BCUT2D eigenvalue weighted by atomic mass is 19.2. The molecule has 1 unspecified atom stereocenters. The van der Waals surface area contributed by atoms with E-state index in [2.05, 4.69) is 0 Å². The van der Waals surface area contributed by atoms with Crippen LogP contribution in [0, 0.1) is 22.9 Å². The van der Waals surface area contributed by atoms with E-state index in [1.807, 2.05) is 11.8 Å². The van der Waals surface area contributed by atoms with Crippen LogP contribution in [-0.2, 0) is 6.54 Å². The predicted molar refractivity (Wildman–Crippen MR) is 66.0 cm³/mol. The summed E-state index contributed by atoms with van der Waals surface area (Å²) in [5, 5.41) is 9.36. The highest BCUT2D eigenvalue weighted by Gasteiger charge is 2.30. The molecule has 1 aliphatic heterocycles. The molecule has 2 nitrogen and oxygen atoms in total. The normalized spacial score (nSPS) is 24.7. The van der Waals surface area contributed by atoms with Crippen LogP contribution in [0.1, 0.15) is 25.3 Å². The van der Waals surface area contributed by atoms with Crippen LogP contribution in [0.2, 0.25) is 0 Å². The lowest BCUT2D eigenvalue weighted by atomic mass is 9.82. The zero-order valence-corrected chi connectivity index (χ0v) is 10.9. The molecule has 1 aliphatic rings. The van der Waals surface area contributed by atoms with Gasteiger partial charge < -0.3 is 5.11 Å². The van der Waals surface area contributed by atoms with Gasteiger partial charge in [-0.15, -0.1) is 0 Å². The van der Waals surface area contributed by atoms with Crippen molar-refractivity contribution in [2.75, 3.05) is 19.7 Å². The van der Waals surface area contributed by atoms with Crippen LogP contribution < -0.4 is 0 Å². The van der Waals surface area contributed by atoms with E-state index in [-0.39, 0.29) is 12.0 Å². The Hall–Kier alpha value is -1.07. The number of hydrogen-bond donors (Lipinski definition) is 1. The quantitative estimate of drug-likeness (QED) is 0.856. The Kier molecular flexibility index (Phi) is 4.16. The Morgan fingerprint density at radius 1 is 1.26 bits per heavy atom. The fraction of sp³-hybridized carbons (Fsp3) is 0.571. The maximum absolute atomic E-state index is 13.1. The molecular weight excluding hydrogens is 255 g/mol. The van der Waals surface area contributed by atoms with Gasteiger partial charge in [-0.1, -0.05) is 6.92 Å². The molecule has 1 aromatic carbocycles. The molecule has 1 heterocycles. The molecule has 0 saturated carbocycles. The Balaban J connectivity index is 2.09. The first kappa shape index (κ1) is 14.3. The Bertz CT molecular complexity index is 443. The van der Waals surface area contributed by atoms with E-state index in [0.717, 1.165) is 31.5 Å². The standard InChI is InChI=1S/C14H18F3NO/c1-14(9-19)3-2-4-18(8-14)7-10-5-11(15)13(17)12(16)6-10/h5-6,19H,2-4,7-9H2,1H3. The summed E-state index contributed by atoms with van der Waals surface area (Å²) in [6, 6.07) is 2.06. The molecule has 0 amide bonds. The number of aliphatic hydroxyl groups is 1. The molecule has 0 aliphatic carbocycles. The molecule has 0 radical (unpaired) electrons. The van der Waals surface area contributed by atoms with Gasteiger partial charge in [0.15, 0.2) is 17.5 Å². The first-order valence-electron chi connectivity index (χ1n) is 6.40. The molecule has 0 aromatic heterocycles. The van der Waals surface area contributed by atoms with Gasteiger partial charge in [0.05, 0.1) is 0 Å². The number of nitrogens with zero attached hydrogens (tertiary/aromatic N) is 1. The third-order valence-electron chi connectivity index (χ3n) is 3.69. The predicted octanol–water partition coefficient (Wildman–Crippen LogP) is 2.70. The molecule has 19 heavy (non-hydrogen) atoms. The molecule has 1 fully saturated rings. The van der Waals surface area contributed by atoms with Gasteiger partial charge in [-0.2, -0.15) is 0 Å². The second-order valence-electron chi connectivity index (χ2n) is 5.66. The maximum atomic E-state index is 13.1. The van der Waals surface area contributed by atoms with Crippen LogP contribution in [0.3, 0.4) is 0 Å². The van der Waals surface area contributed by atoms with Crippen LogP contribution in [-0.4, -0.2) is 29.7 Å². The second kappa shape index (κ2) is 5.51. The van der Waals surface area contributed by atoms with Crippen molar-refractivity contribution in [2.45, 2.75) is 26.3 Å². The molecule has 0 spiro atoms. The molecule has 1 aromatic rings. The minimum Gasteiger partial charge on any atom is -0.396 e. The number of aliphatic hydroxyl groups excluding tert-OH is 1. The van der Waals surface area contributed by atoms with Crippen molar-refractivity contribution in [3.63, 3.8) is 0 Å². The Morgan fingerprint density at radius 3 is 2.47 bits per heavy atom. The highest BCUT2D eigenvalue weighted by molar-refractivity contribution is 5.19. The summed E-state index contributed by atoms with van der Waals surface area (Å²) in [7, 11) is 0. The van der Waals surface area contributed by atoms with E-state index in [1.165, 1.54) is 0 Å². The Morgan fingerprint density at radius 2 is 1.89 bits per heavy atom. The number of hydrogen-bond acceptors (Lipinski definition) is 2. The van der Waals surface area contributed by atoms with Crippen LogP contribution in [0.4, 0.5) is 13.2 Å². The van der Waals surface area contributed by atoms with Gasteiger partial charge in [0, 0.05) is 25.1 Å². The summed E-state index contributed by atoms with van der Waals surface area (Å²) < 4.78 is 39.1. The number of likely N-dealkylation sites (tertiary alicyclic amines) is 1. The largest absolute Gasteiger partial charge is 0.396 e. The van der Waals surface area contributed by atoms with E-state index < -0.39 is 17.5 Å². The fourth-order valence-electron chi connectivity index (χ4n) is 2.65. The summed E-state index contributed by atoms with van der Waals surface area (Å²) in [5.74, 6) is -3.74. The van der Waals surface area contributed by atoms with Crippen molar-refractivity contribution in [3.8, 4) is 0 Å². The van der Waals surface area contributed by atoms with Crippen molar-refractivity contribution in [2.24, 2.45) is 5.41 Å². The van der Waals surface area contributed by atoms with E-state index in [0.29, 0.717) is 18.7 Å². The molecule has 106 valence electrons. The third kappa shape index (κ3) is 3.28. The number of halogens is 3. The van der Waals surface area contributed by atoms with Crippen molar-refractivity contribution in [1.29, 1.82) is 0 Å². The fourth-order valence-corrected chi connectivity index (χ4v) is 2.65. The molecule has 0 bridgehead atoms. The molecule has 1 atom stereocenters. The Labute approximate surface area is 110 Å². The second-order valence-corrected chi connectivity index (χ2v) is 5.66. The first-order chi connectivity index (χ1) is 8.93. The number of benzene rings is 1. The average Bonchev–Trinajstić information content (AvgIpc) is 2.36. The third-order valence-corrected chi connectivity index (χ3v) is 3.69. The summed E-state index contributed by atoms with van der Waals surface area (Å²) >= 11 is 0. The molecule has 2 rings (SSSR count). The van der Waals surface area contributed by atoms with E-state index >= 15 is 0 Å². The van der Waals surface area contributed by atoms with Crippen LogP contribution in [0.15, 0.2) is 12.1 Å². The highest BCUT2D eigenvalue weighted by Crippen LogP contribution is 2.29. The van der Waals surface area contributed by atoms with Gasteiger partial charge in [0.2, 0.25) is 0 Å². The van der Waals surface area contributed by atoms with Crippen LogP contribution >= 0.6 is 0 Å². The monoisotopic (exact) mass is 273 g/mol. The summed E-state index contributed by atoms with van der Waals surface area (Å²) in [6.07, 6.45) is 1.87. The van der Waals surface area contributed by atoms with Crippen molar-refractivity contribution >= 4 is 0 Å². The smallest absolute Gasteiger partial charge is 0.194 e. The summed E-state index contributed by atoms with van der Waals surface area (Å²) in [6.45, 7) is 3.94. The van der Waals surface area contributed by atoms with Gasteiger partial charge in [0.1, 0.15) is 0 Å². The zero-order valence-electron chi connectivity index (χ0n) is 10.9. The van der Waals surface area contributed by atoms with Gasteiger partial charge in [-0.05, 0) is 37.1 Å². The molecule has 5 heteroatoms. The van der Waals surface area contributed by atoms with Crippen molar-refractivity contribution in [1.82, 2.24) is 4.90 Å². The number of rotatable bonds is 3. The zero-order chi connectivity index (χ0) is 14.0. The average molecular weight is 273 g/mol. The van der Waals surface area contributed by atoms with E-state index in [4.69, 9.17) is 0 Å².